The zero-order valence-electron chi connectivity index (χ0n) is 15.9. The Bertz CT molecular complexity index is 1100. The van der Waals surface area contributed by atoms with Gasteiger partial charge in [-0.25, -0.2) is 17.9 Å². The lowest BCUT2D eigenvalue weighted by Gasteiger charge is -2.09. The second-order valence-electron chi connectivity index (χ2n) is 6.27. The summed E-state index contributed by atoms with van der Waals surface area (Å²) in [4.78, 5) is 24.9. The van der Waals surface area contributed by atoms with Gasteiger partial charge in [0.05, 0.1) is 10.5 Å². The number of nitrogens with one attached hydrogen (secondary N) is 2. The van der Waals surface area contributed by atoms with Crippen molar-refractivity contribution in [2.24, 2.45) is 0 Å². The van der Waals surface area contributed by atoms with E-state index in [2.05, 4.69) is 10.0 Å². The smallest absolute Gasteiger partial charge is 0.338 e. The van der Waals surface area contributed by atoms with E-state index in [9.17, 15) is 18.0 Å². The topological polar surface area (TPSA) is 102 Å². The van der Waals surface area contributed by atoms with Crippen LogP contribution in [0.4, 0.5) is 0 Å². The summed E-state index contributed by atoms with van der Waals surface area (Å²) in [6.07, 6.45) is 0. The lowest BCUT2D eigenvalue weighted by atomic mass is 10.2. The number of ether oxygens (including phenoxy) is 1. The van der Waals surface area contributed by atoms with Crippen LogP contribution in [0.2, 0.25) is 0 Å². The number of carbonyl (C=O) groups excluding carboxylic acids is 2. The molecule has 3 aromatic rings. The van der Waals surface area contributed by atoms with Gasteiger partial charge in [-0.1, -0.05) is 42.5 Å². The van der Waals surface area contributed by atoms with Gasteiger partial charge in [0, 0.05) is 18.0 Å². The van der Waals surface area contributed by atoms with Gasteiger partial charge in [0.1, 0.15) is 0 Å². The molecule has 1 aromatic heterocycles. The fourth-order valence-corrected chi connectivity index (χ4v) is 4.30. The molecular formula is C21H20N2O5S2. The predicted molar refractivity (Wildman–Crippen MR) is 113 cm³/mol. The summed E-state index contributed by atoms with van der Waals surface area (Å²) in [6, 6.07) is 18.5. The Kier molecular flexibility index (Phi) is 7.34. The summed E-state index contributed by atoms with van der Waals surface area (Å²) in [7, 11) is -3.79. The third-order valence-electron chi connectivity index (χ3n) is 4.06. The van der Waals surface area contributed by atoms with Crippen LogP contribution in [0.15, 0.2) is 77.0 Å². The number of sulfonamides is 1. The molecule has 7 nitrogen and oxygen atoms in total. The summed E-state index contributed by atoms with van der Waals surface area (Å²) in [5, 5.41) is 4.51. The minimum absolute atomic E-state index is 0.0462. The van der Waals surface area contributed by atoms with Crippen LogP contribution in [0, 0.1) is 0 Å². The SMILES string of the molecule is O=C(COC(=O)c1cccc(S(=O)(=O)NCc2cccs2)c1)NCc1ccccc1. The normalized spacial score (nSPS) is 11.1. The maximum Gasteiger partial charge on any atom is 0.338 e. The number of rotatable bonds is 9. The molecule has 30 heavy (non-hydrogen) atoms. The van der Waals surface area contributed by atoms with Gasteiger partial charge in [0.15, 0.2) is 6.61 Å². The van der Waals surface area contributed by atoms with Crippen molar-refractivity contribution in [2.45, 2.75) is 18.0 Å². The highest BCUT2D eigenvalue weighted by atomic mass is 32.2. The zero-order valence-corrected chi connectivity index (χ0v) is 17.5. The number of esters is 1. The monoisotopic (exact) mass is 444 g/mol. The Hall–Kier alpha value is -3.01. The molecule has 0 bridgehead atoms. The highest BCUT2D eigenvalue weighted by Crippen LogP contribution is 2.14. The fourth-order valence-electron chi connectivity index (χ4n) is 2.51. The molecule has 2 aromatic carbocycles. The zero-order chi connectivity index (χ0) is 21.4. The van der Waals surface area contributed by atoms with Gasteiger partial charge in [-0.15, -0.1) is 11.3 Å². The molecular weight excluding hydrogens is 424 g/mol. The molecule has 0 aliphatic heterocycles. The molecule has 0 aliphatic rings. The molecule has 0 unspecified atom stereocenters. The molecule has 0 radical (unpaired) electrons. The third-order valence-corrected chi connectivity index (χ3v) is 6.34. The standard InChI is InChI=1S/C21H20N2O5S2/c24-20(22-13-16-6-2-1-3-7-16)15-28-21(25)17-8-4-10-19(12-17)30(26,27)23-14-18-9-5-11-29-18/h1-12,23H,13-15H2,(H,22,24). The molecule has 9 heteroatoms. The fraction of sp³-hybridized carbons (Fsp3) is 0.143. The largest absolute Gasteiger partial charge is 0.452 e. The van der Waals surface area contributed by atoms with Crippen molar-refractivity contribution >= 4 is 33.2 Å². The van der Waals surface area contributed by atoms with E-state index in [1.807, 2.05) is 47.8 Å². The van der Waals surface area contributed by atoms with Crippen LogP contribution in [0.3, 0.4) is 0 Å². The van der Waals surface area contributed by atoms with Crippen molar-refractivity contribution in [1.82, 2.24) is 10.0 Å². The van der Waals surface area contributed by atoms with Gasteiger partial charge in [-0.05, 0) is 35.2 Å². The molecule has 0 fully saturated rings. The highest BCUT2D eigenvalue weighted by molar-refractivity contribution is 7.89. The van der Waals surface area contributed by atoms with Crippen LogP contribution in [-0.2, 0) is 32.6 Å². The van der Waals surface area contributed by atoms with Crippen LogP contribution in [0.5, 0.6) is 0 Å². The minimum Gasteiger partial charge on any atom is -0.452 e. The van der Waals surface area contributed by atoms with Crippen molar-refractivity contribution in [2.75, 3.05) is 6.61 Å². The van der Waals surface area contributed by atoms with E-state index < -0.39 is 28.5 Å². The Morgan fingerprint density at radius 2 is 1.73 bits per heavy atom. The first kappa shape index (κ1) is 21.7. The van der Waals surface area contributed by atoms with Gasteiger partial charge in [0.2, 0.25) is 10.0 Å². The maximum absolute atomic E-state index is 12.5. The van der Waals surface area contributed by atoms with E-state index in [0.29, 0.717) is 6.54 Å². The number of amides is 1. The molecule has 3 rings (SSSR count). The van der Waals surface area contributed by atoms with Crippen LogP contribution >= 0.6 is 11.3 Å². The van der Waals surface area contributed by atoms with Gasteiger partial charge in [-0.3, -0.25) is 4.79 Å². The van der Waals surface area contributed by atoms with Crippen molar-refractivity contribution in [3.8, 4) is 0 Å². The average Bonchev–Trinajstić information content (AvgIpc) is 3.29. The third kappa shape index (κ3) is 6.24. The minimum atomic E-state index is -3.79. The second kappa shape index (κ2) is 10.1. The first-order chi connectivity index (χ1) is 14.4. The second-order valence-corrected chi connectivity index (χ2v) is 9.07. The molecule has 1 heterocycles. The molecule has 1 amide bonds. The Balaban J connectivity index is 1.54. The van der Waals surface area contributed by atoms with Crippen molar-refractivity contribution in [3.63, 3.8) is 0 Å². The summed E-state index contributed by atoms with van der Waals surface area (Å²) in [5.74, 6) is -1.23. The van der Waals surface area contributed by atoms with E-state index in [1.165, 1.54) is 35.6 Å². The quantitative estimate of drug-likeness (QED) is 0.494. The molecule has 0 saturated heterocycles. The van der Waals surface area contributed by atoms with Crippen LogP contribution in [0.1, 0.15) is 20.8 Å². The number of carbonyl (C=O) groups is 2. The Morgan fingerprint density at radius 1 is 0.933 bits per heavy atom. The van der Waals surface area contributed by atoms with Crippen LogP contribution < -0.4 is 10.0 Å². The van der Waals surface area contributed by atoms with Crippen LogP contribution in [-0.4, -0.2) is 26.9 Å². The summed E-state index contributed by atoms with van der Waals surface area (Å²) < 4.78 is 32.4. The number of benzene rings is 2. The molecule has 0 aliphatic carbocycles. The van der Waals surface area contributed by atoms with E-state index >= 15 is 0 Å². The van der Waals surface area contributed by atoms with Crippen molar-refractivity contribution in [3.05, 3.63) is 88.1 Å². The van der Waals surface area contributed by atoms with Gasteiger partial charge < -0.3 is 10.1 Å². The van der Waals surface area contributed by atoms with E-state index in [-0.39, 0.29) is 17.0 Å². The first-order valence-corrected chi connectivity index (χ1v) is 11.4. The number of hydrogen-bond acceptors (Lipinski definition) is 6. The van der Waals surface area contributed by atoms with Gasteiger partial charge >= 0.3 is 5.97 Å². The van der Waals surface area contributed by atoms with E-state index in [4.69, 9.17) is 4.74 Å². The Morgan fingerprint density at radius 3 is 2.47 bits per heavy atom. The first-order valence-electron chi connectivity index (χ1n) is 9.04. The lowest BCUT2D eigenvalue weighted by molar-refractivity contribution is -0.124. The average molecular weight is 445 g/mol. The molecule has 0 atom stereocenters. The molecule has 156 valence electrons. The number of thiophene rings is 1. The molecule has 0 saturated carbocycles. The van der Waals surface area contributed by atoms with E-state index in [1.54, 1.807) is 0 Å². The highest BCUT2D eigenvalue weighted by Gasteiger charge is 2.17. The van der Waals surface area contributed by atoms with Crippen molar-refractivity contribution < 1.29 is 22.7 Å². The Labute approximate surface area is 178 Å². The summed E-state index contributed by atoms with van der Waals surface area (Å²) >= 11 is 1.44. The molecule has 0 spiro atoms. The summed E-state index contributed by atoms with van der Waals surface area (Å²) in [5.41, 5.74) is 0.968. The van der Waals surface area contributed by atoms with Gasteiger partial charge in [0.25, 0.3) is 5.91 Å². The predicted octanol–water partition coefficient (Wildman–Crippen LogP) is 2.70. The maximum atomic E-state index is 12.5. The van der Waals surface area contributed by atoms with Crippen molar-refractivity contribution in [1.29, 1.82) is 0 Å². The lowest BCUT2D eigenvalue weighted by Crippen LogP contribution is -2.28. The number of hydrogen-bond donors (Lipinski definition) is 2. The molecule has 2 N–H and O–H groups in total. The summed E-state index contributed by atoms with van der Waals surface area (Å²) in [6.45, 7) is 0.0242. The van der Waals surface area contributed by atoms with E-state index in [0.717, 1.165) is 10.4 Å². The van der Waals surface area contributed by atoms with Crippen LogP contribution in [0.25, 0.3) is 0 Å². The van der Waals surface area contributed by atoms with Gasteiger partial charge in [-0.2, -0.15) is 0 Å².